The van der Waals surface area contributed by atoms with Crippen molar-refractivity contribution in [3.05, 3.63) is 29.6 Å². The fourth-order valence-electron chi connectivity index (χ4n) is 4.09. The Bertz CT molecular complexity index is 681. The third-order valence-electron chi connectivity index (χ3n) is 5.86. The van der Waals surface area contributed by atoms with Gasteiger partial charge in [0.2, 0.25) is 5.91 Å². The van der Waals surface area contributed by atoms with Crippen molar-refractivity contribution < 1.29 is 19.1 Å². The second kappa shape index (κ2) is 8.80. The average molecular weight is 377 g/mol. The van der Waals surface area contributed by atoms with Crippen LogP contribution < -0.4 is 5.32 Å². The van der Waals surface area contributed by atoms with Crippen LogP contribution in [0.4, 0.5) is 10.1 Å². The number of nitrogens with one attached hydrogen (secondary N) is 1. The Kier molecular flexibility index (Phi) is 6.44. The van der Waals surface area contributed by atoms with Gasteiger partial charge in [-0.25, -0.2) is 4.39 Å². The van der Waals surface area contributed by atoms with Crippen molar-refractivity contribution in [1.82, 2.24) is 9.80 Å². The summed E-state index contributed by atoms with van der Waals surface area (Å²) in [5, 5.41) is 11.9. The lowest BCUT2D eigenvalue weighted by molar-refractivity contribution is -0.143. The predicted molar refractivity (Wildman–Crippen MR) is 101 cm³/mol. The number of halogens is 1. The van der Waals surface area contributed by atoms with E-state index >= 15 is 0 Å². The summed E-state index contributed by atoms with van der Waals surface area (Å²) in [5.41, 5.74) is 0.977. The molecule has 0 bridgehead atoms. The molecular formula is C20H28FN3O3. The number of aliphatic carboxylic acids is 1. The van der Waals surface area contributed by atoms with Crippen LogP contribution in [0.1, 0.15) is 31.2 Å². The van der Waals surface area contributed by atoms with E-state index in [-0.39, 0.29) is 17.6 Å². The van der Waals surface area contributed by atoms with Crippen LogP contribution in [-0.4, -0.2) is 65.5 Å². The number of nitrogens with zero attached hydrogens (tertiary/aromatic N) is 2. The van der Waals surface area contributed by atoms with E-state index in [1.165, 1.54) is 6.07 Å². The standard InChI is InChI=1S/C20H28FN3O3/c1-14-17(21)3-2-4-18(14)22-19(25)13-23-9-7-16(8-10-23)24-11-5-15(6-12-24)20(26)27/h2-4,15-16H,5-13H2,1H3,(H,22,25)(H,26,27). The second-order valence-corrected chi connectivity index (χ2v) is 7.62. The molecule has 0 radical (unpaired) electrons. The number of rotatable bonds is 5. The van der Waals surface area contributed by atoms with Crippen molar-refractivity contribution >= 4 is 17.6 Å². The molecule has 0 atom stereocenters. The van der Waals surface area contributed by atoms with Gasteiger partial charge in [0.25, 0.3) is 0 Å². The molecule has 2 fully saturated rings. The van der Waals surface area contributed by atoms with Gasteiger partial charge in [-0.2, -0.15) is 0 Å². The molecule has 6 nitrogen and oxygen atoms in total. The quantitative estimate of drug-likeness (QED) is 0.824. The number of hydrogen-bond donors (Lipinski definition) is 2. The molecular weight excluding hydrogens is 349 g/mol. The zero-order valence-corrected chi connectivity index (χ0v) is 15.8. The predicted octanol–water partition coefficient (Wildman–Crippen LogP) is 2.33. The van der Waals surface area contributed by atoms with Crippen molar-refractivity contribution in [3.63, 3.8) is 0 Å². The number of carbonyl (C=O) groups excluding carboxylic acids is 1. The normalized spacial score (nSPS) is 20.5. The molecule has 2 heterocycles. The highest BCUT2D eigenvalue weighted by atomic mass is 19.1. The lowest BCUT2D eigenvalue weighted by atomic mass is 9.93. The smallest absolute Gasteiger partial charge is 0.306 e. The van der Waals surface area contributed by atoms with Gasteiger partial charge in [0, 0.05) is 30.4 Å². The highest BCUT2D eigenvalue weighted by Crippen LogP contribution is 2.24. The molecule has 0 unspecified atom stereocenters. The van der Waals surface area contributed by atoms with Crippen LogP contribution >= 0.6 is 0 Å². The first-order valence-electron chi connectivity index (χ1n) is 9.68. The summed E-state index contributed by atoms with van der Waals surface area (Å²) < 4.78 is 13.6. The number of carbonyl (C=O) groups is 2. The highest BCUT2D eigenvalue weighted by molar-refractivity contribution is 5.93. The van der Waals surface area contributed by atoms with Gasteiger partial charge < -0.3 is 15.3 Å². The summed E-state index contributed by atoms with van der Waals surface area (Å²) in [6, 6.07) is 5.17. The fraction of sp³-hybridized carbons (Fsp3) is 0.600. The minimum atomic E-state index is -0.677. The summed E-state index contributed by atoms with van der Waals surface area (Å²) in [4.78, 5) is 27.9. The van der Waals surface area contributed by atoms with Gasteiger partial charge in [0.05, 0.1) is 12.5 Å². The first-order chi connectivity index (χ1) is 12.9. The van der Waals surface area contributed by atoms with E-state index in [1.807, 2.05) is 0 Å². The number of carboxylic acid groups (broad SMARTS) is 1. The van der Waals surface area contributed by atoms with E-state index < -0.39 is 5.97 Å². The third kappa shape index (κ3) is 5.05. The molecule has 2 saturated heterocycles. The number of carboxylic acids is 1. The average Bonchev–Trinajstić information content (AvgIpc) is 2.66. The number of hydrogen-bond acceptors (Lipinski definition) is 4. The number of piperidine rings is 2. The van der Waals surface area contributed by atoms with Crippen molar-refractivity contribution in [2.45, 2.75) is 38.6 Å². The molecule has 27 heavy (non-hydrogen) atoms. The van der Waals surface area contributed by atoms with Crippen molar-refractivity contribution in [3.8, 4) is 0 Å². The maximum atomic E-state index is 13.6. The topological polar surface area (TPSA) is 72.9 Å². The highest BCUT2D eigenvalue weighted by Gasteiger charge is 2.30. The van der Waals surface area contributed by atoms with Crippen molar-refractivity contribution in [1.29, 1.82) is 0 Å². The zero-order chi connectivity index (χ0) is 19.4. The van der Waals surface area contributed by atoms with Crippen LogP contribution in [-0.2, 0) is 9.59 Å². The number of anilines is 1. The van der Waals surface area contributed by atoms with E-state index in [4.69, 9.17) is 5.11 Å². The summed E-state index contributed by atoms with van der Waals surface area (Å²) >= 11 is 0. The minimum Gasteiger partial charge on any atom is -0.481 e. The van der Waals surface area contributed by atoms with Crippen LogP contribution in [0.5, 0.6) is 0 Å². The molecule has 0 spiro atoms. The second-order valence-electron chi connectivity index (χ2n) is 7.62. The van der Waals surface area contributed by atoms with Crippen LogP contribution in [0.2, 0.25) is 0 Å². The Balaban J connectivity index is 1.42. The van der Waals surface area contributed by atoms with Crippen LogP contribution in [0.15, 0.2) is 18.2 Å². The van der Waals surface area contributed by atoms with Gasteiger partial charge in [-0.3, -0.25) is 14.5 Å². The molecule has 0 aliphatic carbocycles. The summed E-state index contributed by atoms with van der Waals surface area (Å²) in [6.45, 7) is 5.35. The lowest BCUT2D eigenvalue weighted by Gasteiger charge is -2.41. The lowest BCUT2D eigenvalue weighted by Crippen LogP contribution is -2.49. The largest absolute Gasteiger partial charge is 0.481 e. The summed E-state index contributed by atoms with van der Waals surface area (Å²) in [5.74, 6) is -1.31. The molecule has 0 aromatic heterocycles. The first-order valence-corrected chi connectivity index (χ1v) is 9.68. The van der Waals surface area contributed by atoms with E-state index in [1.54, 1.807) is 19.1 Å². The Labute approximate surface area is 159 Å². The molecule has 0 saturated carbocycles. The molecule has 2 N–H and O–H groups in total. The van der Waals surface area contributed by atoms with Gasteiger partial charge in [-0.05, 0) is 57.8 Å². The van der Waals surface area contributed by atoms with E-state index in [2.05, 4.69) is 15.1 Å². The maximum absolute atomic E-state index is 13.6. The summed E-state index contributed by atoms with van der Waals surface area (Å²) in [6.07, 6.45) is 3.43. The van der Waals surface area contributed by atoms with E-state index in [0.29, 0.717) is 23.8 Å². The number of benzene rings is 1. The van der Waals surface area contributed by atoms with Crippen molar-refractivity contribution in [2.24, 2.45) is 5.92 Å². The molecule has 148 valence electrons. The molecule has 3 rings (SSSR count). The molecule has 1 aromatic rings. The van der Waals surface area contributed by atoms with Gasteiger partial charge in [-0.15, -0.1) is 0 Å². The Morgan fingerprint density at radius 1 is 1.15 bits per heavy atom. The van der Waals surface area contributed by atoms with Gasteiger partial charge in [0.15, 0.2) is 0 Å². The Morgan fingerprint density at radius 3 is 2.44 bits per heavy atom. The molecule has 2 aliphatic heterocycles. The molecule has 1 aromatic carbocycles. The SMILES string of the molecule is Cc1c(F)cccc1NC(=O)CN1CCC(N2CCC(C(=O)O)CC2)CC1. The number of likely N-dealkylation sites (tertiary alicyclic amines) is 2. The van der Waals surface area contributed by atoms with Crippen LogP contribution in [0.25, 0.3) is 0 Å². The third-order valence-corrected chi connectivity index (χ3v) is 5.86. The summed E-state index contributed by atoms with van der Waals surface area (Å²) in [7, 11) is 0. The molecule has 7 heteroatoms. The van der Waals surface area contributed by atoms with Gasteiger partial charge in [-0.1, -0.05) is 6.07 Å². The van der Waals surface area contributed by atoms with Crippen LogP contribution in [0.3, 0.4) is 0 Å². The van der Waals surface area contributed by atoms with Gasteiger partial charge in [0.1, 0.15) is 5.82 Å². The maximum Gasteiger partial charge on any atom is 0.306 e. The van der Waals surface area contributed by atoms with E-state index in [0.717, 1.165) is 51.9 Å². The van der Waals surface area contributed by atoms with Gasteiger partial charge >= 0.3 is 5.97 Å². The molecule has 1 amide bonds. The van der Waals surface area contributed by atoms with Crippen molar-refractivity contribution in [2.75, 3.05) is 38.0 Å². The van der Waals surface area contributed by atoms with Crippen LogP contribution in [0, 0.1) is 18.7 Å². The Hall–Kier alpha value is -1.99. The first kappa shape index (κ1) is 19.8. The fourth-order valence-corrected chi connectivity index (χ4v) is 4.09. The van der Waals surface area contributed by atoms with E-state index in [9.17, 15) is 14.0 Å². The number of amides is 1. The monoisotopic (exact) mass is 377 g/mol. The zero-order valence-electron chi connectivity index (χ0n) is 15.8. The Morgan fingerprint density at radius 2 is 1.81 bits per heavy atom. The minimum absolute atomic E-state index is 0.121. The molecule has 2 aliphatic rings.